The molecular formula is C15H24N2O2. The normalized spacial score (nSPS) is 10.4. The molecule has 0 fully saturated rings. The Morgan fingerprint density at radius 3 is 2.47 bits per heavy atom. The molecule has 0 aliphatic heterocycles. The molecule has 0 bridgehead atoms. The Balaban J connectivity index is 2.06. The lowest BCUT2D eigenvalue weighted by atomic mass is 10.1. The van der Waals surface area contributed by atoms with Gasteiger partial charge >= 0.3 is 0 Å². The van der Waals surface area contributed by atoms with Crippen molar-refractivity contribution >= 4 is 5.91 Å². The molecule has 0 aliphatic carbocycles. The van der Waals surface area contributed by atoms with Crippen LogP contribution >= 0.6 is 0 Å². The largest absolute Gasteiger partial charge is 0.396 e. The molecule has 1 aromatic rings. The molecule has 0 saturated carbocycles. The summed E-state index contributed by atoms with van der Waals surface area (Å²) in [6.07, 6.45) is 2.97. The summed E-state index contributed by atoms with van der Waals surface area (Å²) in [5.74, 6) is -0.0259. The van der Waals surface area contributed by atoms with E-state index in [0.717, 1.165) is 37.9 Å². The molecule has 3 N–H and O–H groups in total. The van der Waals surface area contributed by atoms with Crippen LogP contribution in [0.15, 0.2) is 24.3 Å². The van der Waals surface area contributed by atoms with Crippen LogP contribution in [0.2, 0.25) is 0 Å². The van der Waals surface area contributed by atoms with Gasteiger partial charge in [-0.3, -0.25) is 4.79 Å². The van der Waals surface area contributed by atoms with Crippen LogP contribution in [-0.4, -0.2) is 37.3 Å². The van der Waals surface area contributed by atoms with Crippen LogP contribution in [0.3, 0.4) is 0 Å². The van der Waals surface area contributed by atoms with E-state index >= 15 is 0 Å². The van der Waals surface area contributed by atoms with Crippen molar-refractivity contribution in [1.82, 2.24) is 10.6 Å². The first-order valence-corrected chi connectivity index (χ1v) is 6.90. The standard InChI is InChI=1S/C15H24N2O2/c1-13-5-7-14(8-6-13)15(19)17-11-10-16-9-3-2-4-12-18/h5-8,16,18H,2-4,9-12H2,1H3,(H,17,19). The quantitative estimate of drug-likeness (QED) is 0.592. The minimum atomic E-state index is -0.0259. The number of aryl methyl sites for hydroxylation is 1. The first-order chi connectivity index (χ1) is 9.24. The summed E-state index contributed by atoms with van der Waals surface area (Å²) in [6.45, 7) is 4.61. The molecule has 0 heterocycles. The second kappa shape index (κ2) is 9.53. The zero-order valence-electron chi connectivity index (χ0n) is 11.6. The maximum absolute atomic E-state index is 11.8. The van der Waals surface area contributed by atoms with Crippen molar-refractivity contribution in [3.63, 3.8) is 0 Å². The van der Waals surface area contributed by atoms with Gasteiger partial charge in [0.25, 0.3) is 5.91 Å². The van der Waals surface area contributed by atoms with E-state index in [1.54, 1.807) is 0 Å². The summed E-state index contributed by atoms with van der Waals surface area (Å²) in [5, 5.41) is 14.8. The van der Waals surface area contributed by atoms with Gasteiger partial charge in [-0.1, -0.05) is 17.7 Å². The van der Waals surface area contributed by atoms with E-state index in [4.69, 9.17) is 5.11 Å². The van der Waals surface area contributed by atoms with Gasteiger partial charge in [-0.15, -0.1) is 0 Å². The van der Waals surface area contributed by atoms with E-state index in [-0.39, 0.29) is 12.5 Å². The smallest absolute Gasteiger partial charge is 0.251 e. The van der Waals surface area contributed by atoms with Gasteiger partial charge in [0.2, 0.25) is 0 Å². The zero-order valence-corrected chi connectivity index (χ0v) is 11.6. The molecule has 4 heteroatoms. The van der Waals surface area contributed by atoms with Gasteiger partial charge in [0.05, 0.1) is 0 Å². The van der Waals surface area contributed by atoms with Gasteiger partial charge in [-0.2, -0.15) is 0 Å². The van der Waals surface area contributed by atoms with Gasteiger partial charge in [0.15, 0.2) is 0 Å². The Morgan fingerprint density at radius 2 is 1.79 bits per heavy atom. The summed E-state index contributed by atoms with van der Waals surface area (Å²) >= 11 is 0. The molecule has 19 heavy (non-hydrogen) atoms. The Bertz CT molecular complexity index is 363. The molecular weight excluding hydrogens is 240 g/mol. The zero-order chi connectivity index (χ0) is 13.9. The molecule has 4 nitrogen and oxygen atoms in total. The first kappa shape index (κ1) is 15.7. The van der Waals surface area contributed by atoms with E-state index in [2.05, 4.69) is 10.6 Å². The number of benzene rings is 1. The summed E-state index contributed by atoms with van der Waals surface area (Å²) in [5.41, 5.74) is 1.86. The number of amides is 1. The van der Waals surface area contributed by atoms with E-state index in [1.807, 2.05) is 31.2 Å². The van der Waals surface area contributed by atoms with Crippen LogP contribution in [0.25, 0.3) is 0 Å². The van der Waals surface area contributed by atoms with Crippen molar-refractivity contribution in [2.75, 3.05) is 26.2 Å². The Kier molecular flexibility index (Phi) is 7.86. The van der Waals surface area contributed by atoms with E-state index in [9.17, 15) is 4.79 Å². The summed E-state index contributed by atoms with van der Waals surface area (Å²) in [6, 6.07) is 7.56. The van der Waals surface area contributed by atoms with Crippen molar-refractivity contribution in [3.8, 4) is 0 Å². The van der Waals surface area contributed by atoms with Gasteiger partial charge in [-0.05, 0) is 44.9 Å². The highest BCUT2D eigenvalue weighted by Crippen LogP contribution is 2.02. The van der Waals surface area contributed by atoms with Crippen molar-refractivity contribution < 1.29 is 9.90 Å². The number of hydrogen-bond acceptors (Lipinski definition) is 3. The van der Waals surface area contributed by atoms with Gasteiger partial charge in [0, 0.05) is 25.3 Å². The highest BCUT2D eigenvalue weighted by Gasteiger charge is 2.03. The van der Waals surface area contributed by atoms with Crippen LogP contribution in [0.5, 0.6) is 0 Å². The lowest BCUT2D eigenvalue weighted by molar-refractivity contribution is 0.0954. The average molecular weight is 264 g/mol. The molecule has 1 aromatic carbocycles. The lowest BCUT2D eigenvalue weighted by Gasteiger charge is -2.07. The van der Waals surface area contributed by atoms with Crippen LogP contribution in [-0.2, 0) is 0 Å². The van der Waals surface area contributed by atoms with Gasteiger partial charge in [-0.25, -0.2) is 0 Å². The highest BCUT2D eigenvalue weighted by molar-refractivity contribution is 5.94. The molecule has 0 atom stereocenters. The second-order valence-electron chi connectivity index (χ2n) is 4.66. The Labute approximate surface area is 115 Å². The fourth-order valence-corrected chi connectivity index (χ4v) is 1.73. The maximum Gasteiger partial charge on any atom is 0.251 e. The molecule has 1 rings (SSSR count). The fourth-order valence-electron chi connectivity index (χ4n) is 1.73. The predicted octanol–water partition coefficient (Wildman–Crippen LogP) is 1.48. The summed E-state index contributed by atoms with van der Waals surface area (Å²) in [4.78, 5) is 11.8. The lowest BCUT2D eigenvalue weighted by Crippen LogP contribution is -2.32. The number of unbranched alkanes of at least 4 members (excludes halogenated alkanes) is 2. The second-order valence-corrected chi connectivity index (χ2v) is 4.66. The number of nitrogens with one attached hydrogen (secondary N) is 2. The number of aliphatic hydroxyl groups is 1. The molecule has 0 radical (unpaired) electrons. The van der Waals surface area contributed by atoms with Crippen LogP contribution < -0.4 is 10.6 Å². The van der Waals surface area contributed by atoms with Crippen LogP contribution in [0.1, 0.15) is 35.2 Å². The van der Waals surface area contributed by atoms with E-state index < -0.39 is 0 Å². The number of carbonyl (C=O) groups excluding carboxylic acids is 1. The maximum atomic E-state index is 11.8. The van der Waals surface area contributed by atoms with Crippen LogP contribution in [0, 0.1) is 6.92 Å². The number of carbonyl (C=O) groups is 1. The number of aliphatic hydroxyl groups excluding tert-OH is 1. The predicted molar refractivity (Wildman–Crippen MR) is 77.3 cm³/mol. The van der Waals surface area contributed by atoms with Crippen molar-refractivity contribution in [1.29, 1.82) is 0 Å². The summed E-state index contributed by atoms with van der Waals surface area (Å²) < 4.78 is 0. The fraction of sp³-hybridized carbons (Fsp3) is 0.533. The summed E-state index contributed by atoms with van der Waals surface area (Å²) in [7, 11) is 0. The van der Waals surface area contributed by atoms with Crippen molar-refractivity contribution in [2.45, 2.75) is 26.2 Å². The van der Waals surface area contributed by atoms with E-state index in [0.29, 0.717) is 12.1 Å². The molecule has 106 valence electrons. The molecule has 0 unspecified atom stereocenters. The first-order valence-electron chi connectivity index (χ1n) is 6.90. The minimum Gasteiger partial charge on any atom is -0.396 e. The van der Waals surface area contributed by atoms with Crippen molar-refractivity contribution in [3.05, 3.63) is 35.4 Å². The third kappa shape index (κ3) is 6.94. The molecule has 0 aromatic heterocycles. The Morgan fingerprint density at radius 1 is 1.05 bits per heavy atom. The average Bonchev–Trinajstić information content (AvgIpc) is 2.42. The monoisotopic (exact) mass is 264 g/mol. The van der Waals surface area contributed by atoms with Gasteiger partial charge in [0.1, 0.15) is 0 Å². The molecule has 0 spiro atoms. The third-order valence-corrected chi connectivity index (χ3v) is 2.91. The van der Waals surface area contributed by atoms with Crippen molar-refractivity contribution in [2.24, 2.45) is 0 Å². The SMILES string of the molecule is Cc1ccc(C(=O)NCCNCCCCCO)cc1. The van der Waals surface area contributed by atoms with E-state index in [1.165, 1.54) is 0 Å². The third-order valence-electron chi connectivity index (χ3n) is 2.91. The Hall–Kier alpha value is -1.39. The van der Waals surface area contributed by atoms with Gasteiger partial charge < -0.3 is 15.7 Å². The molecule has 0 aliphatic rings. The highest BCUT2D eigenvalue weighted by atomic mass is 16.2. The topological polar surface area (TPSA) is 61.4 Å². The number of hydrogen-bond donors (Lipinski definition) is 3. The molecule has 1 amide bonds. The number of rotatable bonds is 9. The minimum absolute atomic E-state index is 0.0259. The van der Waals surface area contributed by atoms with Crippen LogP contribution in [0.4, 0.5) is 0 Å². The molecule has 0 saturated heterocycles.